The van der Waals surface area contributed by atoms with Crippen LogP contribution in [0.5, 0.6) is 5.75 Å². The van der Waals surface area contributed by atoms with E-state index in [1.807, 2.05) is 24.3 Å². The molecule has 1 aromatic rings. The molecule has 0 saturated carbocycles. The van der Waals surface area contributed by atoms with E-state index in [1.54, 1.807) is 14.0 Å². The van der Waals surface area contributed by atoms with Crippen molar-refractivity contribution in [3.8, 4) is 5.75 Å². The molecular weight excluding hydrogens is 272 g/mol. The molecule has 6 heteroatoms. The second-order valence-electron chi connectivity index (χ2n) is 4.74. The molecule has 0 unspecified atom stereocenters. The number of rotatable bonds is 3. The fourth-order valence-electron chi connectivity index (χ4n) is 2.36. The maximum atomic E-state index is 12.0. The largest absolute Gasteiger partial charge is 0.497 e. The van der Waals surface area contributed by atoms with Crippen LogP contribution >= 0.6 is 0 Å². The van der Waals surface area contributed by atoms with Crippen molar-refractivity contribution >= 4 is 12.0 Å². The Hall–Kier alpha value is -2.50. The van der Waals surface area contributed by atoms with Gasteiger partial charge in [0.25, 0.3) is 0 Å². The molecule has 1 heterocycles. The highest BCUT2D eigenvalue weighted by Crippen LogP contribution is 2.30. The van der Waals surface area contributed by atoms with Crippen molar-refractivity contribution in [3.63, 3.8) is 0 Å². The molecule has 0 spiro atoms. The Morgan fingerprint density at radius 1 is 1.24 bits per heavy atom. The van der Waals surface area contributed by atoms with Crippen LogP contribution < -0.4 is 10.1 Å². The van der Waals surface area contributed by atoms with E-state index < -0.39 is 5.97 Å². The molecule has 0 fully saturated rings. The number of hydrogen-bond donors (Lipinski definition) is 1. The van der Waals surface area contributed by atoms with E-state index in [1.165, 1.54) is 19.1 Å². The molecule has 0 aromatic heterocycles. The summed E-state index contributed by atoms with van der Waals surface area (Å²) < 4.78 is 9.88. The predicted molar refractivity (Wildman–Crippen MR) is 76.7 cm³/mol. The minimum atomic E-state index is -0.525. The van der Waals surface area contributed by atoms with Gasteiger partial charge in [0.05, 0.1) is 20.3 Å². The zero-order chi connectivity index (χ0) is 15.6. The monoisotopic (exact) mass is 290 g/mol. The van der Waals surface area contributed by atoms with Crippen LogP contribution in [0.1, 0.15) is 18.5 Å². The molecule has 21 heavy (non-hydrogen) atoms. The average molecular weight is 290 g/mol. The fourth-order valence-corrected chi connectivity index (χ4v) is 2.36. The molecule has 0 bridgehead atoms. The Kier molecular flexibility index (Phi) is 4.16. The van der Waals surface area contributed by atoms with Crippen molar-refractivity contribution in [1.82, 2.24) is 10.2 Å². The van der Waals surface area contributed by atoms with Gasteiger partial charge in [0.1, 0.15) is 11.4 Å². The molecule has 2 rings (SSSR count). The molecule has 0 saturated heterocycles. The predicted octanol–water partition coefficient (Wildman–Crippen LogP) is 1.84. The van der Waals surface area contributed by atoms with Gasteiger partial charge in [-0.1, -0.05) is 12.1 Å². The summed E-state index contributed by atoms with van der Waals surface area (Å²) in [4.78, 5) is 25.2. The summed E-state index contributed by atoms with van der Waals surface area (Å²) in [5.41, 5.74) is 1.87. The Labute approximate surface area is 123 Å². The van der Waals surface area contributed by atoms with Gasteiger partial charge < -0.3 is 14.8 Å². The summed E-state index contributed by atoms with van der Waals surface area (Å²) >= 11 is 0. The van der Waals surface area contributed by atoms with Crippen molar-refractivity contribution in [2.24, 2.45) is 0 Å². The number of likely N-dealkylation sites (N-methyl/N-ethyl adjacent to an activating group) is 1. The van der Waals surface area contributed by atoms with Gasteiger partial charge in [-0.2, -0.15) is 0 Å². The second-order valence-corrected chi connectivity index (χ2v) is 4.74. The van der Waals surface area contributed by atoms with Gasteiger partial charge in [-0.3, -0.25) is 4.90 Å². The number of nitrogens with one attached hydrogen (secondary N) is 1. The second kappa shape index (κ2) is 5.87. The SMILES string of the molecule is COC(=O)C1=C(C)[C@H](c2ccc(OC)cc2)NC(=O)N1C. The highest BCUT2D eigenvalue weighted by Gasteiger charge is 2.33. The third-order valence-electron chi connectivity index (χ3n) is 3.54. The molecule has 1 aliphatic heterocycles. The quantitative estimate of drug-likeness (QED) is 0.862. The molecule has 1 aliphatic rings. The highest BCUT2D eigenvalue weighted by atomic mass is 16.5. The first kappa shape index (κ1) is 14.9. The first-order valence-electron chi connectivity index (χ1n) is 6.46. The molecule has 6 nitrogen and oxygen atoms in total. The lowest BCUT2D eigenvalue weighted by Gasteiger charge is -2.33. The van der Waals surface area contributed by atoms with E-state index in [-0.39, 0.29) is 17.8 Å². The summed E-state index contributed by atoms with van der Waals surface area (Å²) in [6.07, 6.45) is 0. The van der Waals surface area contributed by atoms with Gasteiger partial charge in [0.2, 0.25) is 0 Å². The number of carbonyl (C=O) groups is 2. The third kappa shape index (κ3) is 2.69. The maximum Gasteiger partial charge on any atom is 0.354 e. The zero-order valence-electron chi connectivity index (χ0n) is 12.5. The lowest BCUT2D eigenvalue weighted by Crippen LogP contribution is -2.46. The summed E-state index contributed by atoms with van der Waals surface area (Å²) in [7, 11) is 4.42. The summed E-state index contributed by atoms with van der Waals surface area (Å²) in [6.45, 7) is 1.80. The van der Waals surface area contributed by atoms with E-state index in [2.05, 4.69) is 5.32 Å². The van der Waals surface area contributed by atoms with E-state index in [0.29, 0.717) is 0 Å². The van der Waals surface area contributed by atoms with Crippen LogP contribution in [-0.4, -0.2) is 38.2 Å². The van der Waals surface area contributed by atoms with E-state index >= 15 is 0 Å². The number of ether oxygens (including phenoxy) is 2. The van der Waals surface area contributed by atoms with Crippen molar-refractivity contribution < 1.29 is 19.1 Å². The number of esters is 1. The Morgan fingerprint density at radius 3 is 2.38 bits per heavy atom. The number of hydrogen-bond acceptors (Lipinski definition) is 4. The molecule has 0 radical (unpaired) electrons. The molecule has 2 amide bonds. The van der Waals surface area contributed by atoms with Crippen LogP contribution in [0, 0.1) is 0 Å². The number of amides is 2. The Bertz CT molecular complexity index is 592. The van der Waals surface area contributed by atoms with Crippen molar-refractivity contribution in [2.45, 2.75) is 13.0 Å². The van der Waals surface area contributed by atoms with Crippen LogP contribution in [0.4, 0.5) is 4.79 Å². The molecule has 1 aromatic carbocycles. The molecule has 112 valence electrons. The molecule has 0 aliphatic carbocycles. The van der Waals surface area contributed by atoms with Gasteiger partial charge in [-0.05, 0) is 30.2 Å². The summed E-state index contributed by atoms with van der Waals surface area (Å²) in [5.74, 6) is 0.205. The van der Waals surface area contributed by atoms with E-state index in [9.17, 15) is 9.59 Å². The average Bonchev–Trinajstić information content (AvgIpc) is 2.51. The standard InChI is InChI=1S/C15H18N2O4/c1-9-12(10-5-7-11(20-3)8-6-10)16-15(19)17(2)13(9)14(18)21-4/h5-8,12H,1-4H3,(H,16,19)/t12-/m1/s1. The van der Waals surface area contributed by atoms with Gasteiger partial charge in [-0.15, -0.1) is 0 Å². The van der Waals surface area contributed by atoms with Crippen LogP contribution in [0.25, 0.3) is 0 Å². The van der Waals surface area contributed by atoms with Crippen molar-refractivity contribution in [2.75, 3.05) is 21.3 Å². The van der Waals surface area contributed by atoms with E-state index in [4.69, 9.17) is 9.47 Å². The minimum Gasteiger partial charge on any atom is -0.497 e. The van der Waals surface area contributed by atoms with Crippen molar-refractivity contribution in [3.05, 3.63) is 41.1 Å². The number of nitrogens with zero attached hydrogens (tertiary/aromatic N) is 1. The topological polar surface area (TPSA) is 67.9 Å². The first-order chi connectivity index (χ1) is 9.99. The number of methoxy groups -OCH3 is 2. The normalized spacial score (nSPS) is 18.4. The van der Waals surface area contributed by atoms with Gasteiger partial charge in [0.15, 0.2) is 0 Å². The Balaban J connectivity index is 2.44. The molecule has 1 atom stereocenters. The zero-order valence-corrected chi connectivity index (χ0v) is 12.5. The number of benzene rings is 1. The summed E-state index contributed by atoms with van der Waals surface area (Å²) in [5, 5.41) is 2.86. The van der Waals surface area contributed by atoms with Crippen LogP contribution in [0.3, 0.4) is 0 Å². The number of carbonyl (C=O) groups excluding carboxylic acids is 2. The van der Waals surface area contributed by atoms with Gasteiger partial charge in [0, 0.05) is 7.05 Å². The van der Waals surface area contributed by atoms with Crippen LogP contribution in [0.15, 0.2) is 35.5 Å². The maximum absolute atomic E-state index is 12.0. The molecular formula is C15H18N2O4. The van der Waals surface area contributed by atoms with Crippen molar-refractivity contribution in [1.29, 1.82) is 0 Å². The Morgan fingerprint density at radius 2 is 1.86 bits per heavy atom. The first-order valence-corrected chi connectivity index (χ1v) is 6.46. The third-order valence-corrected chi connectivity index (χ3v) is 3.54. The van der Waals surface area contributed by atoms with E-state index in [0.717, 1.165) is 16.9 Å². The number of urea groups is 1. The summed E-state index contributed by atoms with van der Waals surface area (Å²) in [6, 6.07) is 6.62. The van der Waals surface area contributed by atoms with Crippen LogP contribution in [0.2, 0.25) is 0 Å². The highest BCUT2D eigenvalue weighted by molar-refractivity contribution is 5.95. The van der Waals surface area contributed by atoms with Crippen LogP contribution in [-0.2, 0) is 9.53 Å². The fraction of sp³-hybridized carbons (Fsp3) is 0.333. The molecule has 1 N–H and O–H groups in total. The minimum absolute atomic E-state index is 0.266. The lowest BCUT2D eigenvalue weighted by molar-refractivity contribution is -0.137. The van der Waals surface area contributed by atoms with Gasteiger partial charge >= 0.3 is 12.0 Å². The smallest absolute Gasteiger partial charge is 0.354 e. The lowest BCUT2D eigenvalue weighted by atomic mass is 9.96. The van der Waals surface area contributed by atoms with Gasteiger partial charge in [-0.25, -0.2) is 9.59 Å².